The van der Waals surface area contributed by atoms with E-state index in [9.17, 15) is 0 Å². The van der Waals surface area contributed by atoms with E-state index in [4.69, 9.17) is 9.68 Å². The molecule has 2 aromatic heterocycles. The van der Waals surface area contributed by atoms with Gasteiger partial charge in [0.1, 0.15) is 11.3 Å². The van der Waals surface area contributed by atoms with E-state index in [0.29, 0.717) is 18.7 Å². The van der Waals surface area contributed by atoms with Crippen molar-refractivity contribution in [1.82, 2.24) is 15.0 Å². The Hall–Kier alpha value is -2.61. The van der Waals surface area contributed by atoms with Gasteiger partial charge >= 0.3 is 0 Å². The minimum Gasteiger partial charge on any atom is -0.441 e. The van der Waals surface area contributed by atoms with E-state index >= 15 is 0 Å². The molecule has 1 aromatic carbocycles. The van der Waals surface area contributed by atoms with Crippen molar-refractivity contribution < 1.29 is 4.42 Å². The van der Waals surface area contributed by atoms with Crippen LogP contribution in [0.1, 0.15) is 18.1 Å². The van der Waals surface area contributed by atoms with E-state index in [2.05, 4.69) is 21.0 Å². The predicted octanol–water partition coefficient (Wildman–Crippen LogP) is 2.98. The molecule has 0 radical (unpaired) electrons. The van der Waals surface area contributed by atoms with E-state index in [1.54, 1.807) is 6.20 Å². The molecule has 0 saturated carbocycles. The Morgan fingerprint density at radius 2 is 2.32 bits per heavy atom. The van der Waals surface area contributed by atoms with Gasteiger partial charge in [-0.15, -0.1) is 0 Å². The molecular weight excluding hydrogens is 240 g/mol. The summed E-state index contributed by atoms with van der Waals surface area (Å²) in [6, 6.07) is 7.95. The summed E-state index contributed by atoms with van der Waals surface area (Å²) < 4.78 is 5.44. The highest BCUT2D eigenvalue weighted by molar-refractivity contribution is 5.79. The average Bonchev–Trinajstić information content (AvgIpc) is 3.00. The van der Waals surface area contributed by atoms with Crippen molar-refractivity contribution in [3.63, 3.8) is 0 Å². The predicted molar refractivity (Wildman–Crippen MR) is 70.3 cm³/mol. The maximum atomic E-state index is 8.56. The summed E-state index contributed by atoms with van der Waals surface area (Å²) >= 11 is 0. The number of benzene rings is 1. The van der Waals surface area contributed by atoms with Crippen molar-refractivity contribution >= 4 is 11.1 Å². The number of nitrogens with one attached hydrogen (secondary N) is 1. The number of nitrogens with zero attached hydrogens (tertiary/aromatic N) is 3. The second kappa shape index (κ2) is 4.58. The topological polar surface area (TPSA) is 78.5 Å². The van der Waals surface area contributed by atoms with Crippen LogP contribution in [0.5, 0.6) is 0 Å². The molecule has 1 N–H and O–H groups in total. The van der Waals surface area contributed by atoms with Crippen LogP contribution in [-0.4, -0.2) is 15.0 Å². The van der Waals surface area contributed by atoms with Crippen molar-refractivity contribution in [2.24, 2.45) is 0 Å². The number of imidazole rings is 1. The van der Waals surface area contributed by atoms with E-state index < -0.39 is 0 Å². The van der Waals surface area contributed by atoms with Crippen molar-refractivity contribution in [1.29, 1.82) is 5.26 Å². The highest BCUT2D eigenvalue weighted by Crippen LogP contribution is 2.23. The van der Waals surface area contributed by atoms with Gasteiger partial charge in [-0.1, -0.05) is 0 Å². The Morgan fingerprint density at radius 3 is 3.16 bits per heavy atom. The van der Waals surface area contributed by atoms with E-state index in [0.717, 1.165) is 28.2 Å². The molecule has 3 aromatic rings. The maximum absolute atomic E-state index is 8.56. The van der Waals surface area contributed by atoms with Crippen LogP contribution < -0.4 is 0 Å². The maximum Gasteiger partial charge on any atom is 0.192 e. The smallest absolute Gasteiger partial charge is 0.192 e. The van der Waals surface area contributed by atoms with Gasteiger partial charge in [-0.3, -0.25) is 0 Å². The molecule has 0 aliphatic carbocycles. The van der Waals surface area contributed by atoms with Crippen LogP contribution in [0.4, 0.5) is 0 Å². The third kappa shape index (κ3) is 2.20. The lowest BCUT2D eigenvalue weighted by Crippen LogP contribution is -1.86. The van der Waals surface area contributed by atoms with Gasteiger partial charge in [0.15, 0.2) is 11.5 Å². The Kier molecular flexibility index (Phi) is 2.76. The first-order chi connectivity index (χ1) is 9.26. The lowest BCUT2D eigenvalue weighted by Gasteiger charge is -1.96. The molecule has 0 saturated heterocycles. The normalized spacial score (nSPS) is 10.7. The number of hydrogen-bond donors (Lipinski definition) is 1. The molecule has 3 rings (SSSR count). The van der Waals surface area contributed by atoms with Gasteiger partial charge in [-0.05, 0) is 18.2 Å². The van der Waals surface area contributed by atoms with E-state index in [-0.39, 0.29) is 0 Å². The van der Waals surface area contributed by atoms with Crippen molar-refractivity contribution in [3.05, 3.63) is 36.1 Å². The number of aryl methyl sites for hydroxylation is 2. The van der Waals surface area contributed by atoms with Crippen LogP contribution in [0.25, 0.3) is 22.4 Å². The van der Waals surface area contributed by atoms with Gasteiger partial charge in [0.25, 0.3) is 0 Å². The third-order valence-corrected chi connectivity index (χ3v) is 2.91. The second-order valence-electron chi connectivity index (χ2n) is 4.32. The first-order valence-electron chi connectivity index (χ1n) is 6.04. The van der Waals surface area contributed by atoms with Gasteiger partial charge in [-0.2, -0.15) is 5.26 Å². The third-order valence-electron chi connectivity index (χ3n) is 2.91. The lowest BCUT2D eigenvalue weighted by atomic mass is 10.1. The fourth-order valence-corrected chi connectivity index (χ4v) is 2.02. The summed E-state index contributed by atoms with van der Waals surface area (Å²) in [6.07, 6.45) is 2.89. The number of oxazole rings is 1. The zero-order valence-corrected chi connectivity index (χ0v) is 10.5. The molecule has 2 heterocycles. The van der Waals surface area contributed by atoms with Crippen LogP contribution in [-0.2, 0) is 6.42 Å². The van der Waals surface area contributed by atoms with E-state index in [1.165, 1.54) is 0 Å². The highest BCUT2D eigenvalue weighted by Gasteiger charge is 2.07. The fraction of sp³-hybridized carbons (Fsp3) is 0.214. The zero-order chi connectivity index (χ0) is 13.2. The number of hydrogen-bond acceptors (Lipinski definition) is 4. The van der Waals surface area contributed by atoms with Crippen LogP contribution >= 0.6 is 0 Å². The van der Waals surface area contributed by atoms with Crippen molar-refractivity contribution in [3.8, 4) is 17.3 Å². The summed E-state index contributed by atoms with van der Waals surface area (Å²) in [5.41, 5.74) is 3.56. The van der Waals surface area contributed by atoms with Crippen LogP contribution in [0.3, 0.4) is 0 Å². The van der Waals surface area contributed by atoms with Crippen molar-refractivity contribution in [2.45, 2.75) is 19.8 Å². The molecule has 94 valence electrons. The average molecular weight is 252 g/mol. The number of H-pyrrole nitrogens is 1. The molecule has 0 aliphatic heterocycles. The largest absolute Gasteiger partial charge is 0.441 e. The summed E-state index contributed by atoms with van der Waals surface area (Å²) in [5, 5.41) is 8.56. The van der Waals surface area contributed by atoms with Gasteiger partial charge in [0, 0.05) is 25.3 Å². The zero-order valence-electron chi connectivity index (χ0n) is 10.5. The molecule has 0 unspecified atom stereocenters. The molecule has 0 aliphatic rings. The van der Waals surface area contributed by atoms with Gasteiger partial charge in [0.05, 0.1) is 18.0 Å². The quantitative estimate of drug-likeness (QED) is 0.777. The van der Waals surface area contributed by atoms with Crippen LogP contribution in [0.15, 0.2) is 28.8 Å². The van der Waals surface area contributed by atoms with Crippen LogP contribution in [0.2, 0.25) is 0 Å². The van der Waals surface area contributed by atoms with Gasteiger partial charge in [-0.25, -0.2) is 9.97 Å². The summed E-state index contributed by atoms with van der Waals surface area (Å²) in [7, 11) is 0. The standard InChI is InChI=1S/C14H12N4O/c1-9-17-11-7-10(4-5-13(11)19-9)12-8-16-14(18-12)3-2-6-15/h4-5,7-8H,2-3H2,1H3,(H,16,18). The second-order valence-corrected chi connectivity index (χ2v) is 4.32. The first kappa shape index (κ1) is 11.5. The highest BCUT2D eigenvalue weighted by atomic mass is 16.3. The van der Waals surface area contributed by atoms with Crippen LogP contribution in [0, 0.1) is 18.3 Å². The summed E-state index contributed by atoms with van der Waals surface area (Å²) in [4.78, 5) is 11.8. The van der Waals surface area contributed by atoms with Crippen molar-refractivity contribution in [2.75, 3.05) is 0 Å². The van der Waals surface area contributed by atoms with Gasteiger partial charge < -0.3 is 9.40 Å². The Labute approximate surface area is 109 Å². The molecular formula is C14H12N4O. The summed E-state index contributed by atoms with van der Waals surface area (Å²) in [6.45, 7) is 1.83. The molecule has 0 amide bonds. The number of aromatic amines is 1. The molecule has 0 bridgehead atoms. The number of aromatic nitrogens is 3. The Bertz CT molecular complexity index is 763. The SMILES string of the molecule is Cc1nc2cc(-c3cnc(CCC#N)[nH]3)ccc2o1. The minimum absolute atomic E-state index is 0.467. The first-order valence-corrected chi connectivity index (χ1v) is 6.04. The molecule has 0 spiro atoms. The number of fused-ring (bicyclic) bond motifs is 1. The number of rotatable bonds is 3. The fourth-order valence-electron chi connectivity index (χ4n) is 2.02. The molecule has 19 heavy (non-hydrogen) atoms. The van der Waals surface area contributed by atoms with Gasteiger partial charge in [0.2, 0.25) is 0 Å². The molecule has 0 fully saturated rings. The monoisotopic (exact) mass is 252 g/mol. The molecule has 5 nitrogen and oxygen atoms in total. The molecule has 0 atom stereocenters. The lowest BCUT2D eigenvalue weighted by molar-refractivity contribution is 0.561. The minimum atomic E-state index is 0.467. The Morgan fingerprint density at radius 1 is 1.42 bits per heavy atom. The van der Waals surface area contributed by atoms with E-state index in [1.807, 2.05) is 25.1 Å². The summed E-state index contributed by atoms with van der Waals surface area (Å²) in [5.74, 6) is 1.49. The molecule has 5 heteroatoms. The Balaban J connectivity index is 1.94. The number of nitriles is 1.